The third-order valence-corrected chi connectivity index (χ3v) is 3.13. The third-order valence-electron chi connectivity index (χ3n) is 3.13. The molecular formula is C14H16N2O4. The van der Waals surface area contributed by atoms with Gasteiger partial charge in [0.1, 0.15) is 5.56 Å². The highest BCUT2D eigenvalue weighted by Gasteiger charge is 2.25. The first-order valence-electron chi connectivity index (χ1n) is 6.12. The average Bonchev–Trinajstić information content (AvgIpc) is 2.47. The van der Waals surface area contributed by atoms with Gasteiger partial charge in [0, 0.05) is 11.6 Å². The van der Waals surface area contributed by atoms with Gasteiger partial charge in [0.15, 0.2) is 0 Å². The molecule has 106 valence electrons. The van der Waals surface area contributed by atoms with E-state index in [4.69, 9.17) is 0 Å². The Balaban J connectivity index is 2.64. The van der Waals surface area contributed by atoms with Gasteiger partial charge in [0.05, 0.1) is 30.0 Å². The van der Waals surface area contributed by atoms with Crippen LogP contribution in [0.3, 0.4) is 0 Å². The van der Waals surface area contributed by atoms with Crippen molar-refractivity contribution in [3.63, 3.8) is 0 Å². The molecule has 0 amide bonds. The second-order valence-corrected chi connectivity index (χ2v) is 4.87. The molecule has 0 radical (unpaired) electrons. The minimum absolute atomic E-state index is 0.00294. The average molecular weight is 276 g/mol. The highest BCUT2D eigenvalue weighted by molar-refractivity contribution is 6.04. The molecule has 6 nitrogen and oxygen atoms in total. The maximum atomic E-state index is 11.3. The molecule has 2 aromatic rings. The van der Waals surface area contributed by atoms with Crippen LogP contribution in [0.1, 0.15) is 17.3 Å². The maximum absolute atomic E-state index is 11.3. The van der Waals surface area contributed by atoms with Crippen molar-refractivity contribution in [1.82, 2.24) is 4.98 Å². The molecule has 1 heterocycles. The number of aromatic carboxylic acids is 1. The largest absolute Gasteiger partial charge is 0.478 e. The van der Waals surface area contributed by atoms with Crippen LogP contribution in [-0.2, 0) is 0 Å². The van der Waals surface area contributed by atoms with Crippen LogP contribution in [0.2, 0.25) is 0 Å². The van der Waals surface area contributed by atoms with E-state index in [2.05, 4.69) is 10.3 Å². The fraction of sp³-hybridized carbons (Fsp3) is 0.286. The first-order valence-corrected chi connectivity index (χ1v) is 6.12. The van der Waals surface area contributed by atoms with Crippen LogP contribution in [0.25, 0.3) is 10.9 Å². The lowest BCUT2D eigenvalue weighted by Crippen LogP contribution is -2.43. The number of aromatic nitrogens is 1. The SMILES string of the molecule is CC(CO)(CO)Nc1c(C(=O)O)cnc2ccccc12. The Kier molecular flexibility index (Phi) is 3.87. The van der Waals surface area contributed by atoms with Crippen LogP contribution < -0.4 is 5.32 Å². The molecule has 0 unspecified atom stereocenters. The first-order chi connectivity index (χ1) is 9.50. The van der Waals surface area contributed by atoms with Crippen molar-refractivity contribution in [2.75, 3.05) is 18.5 Å². The highest BCUT2D eigenvalue weighted by atomic mass is 16.4. The van der Waals surface area contributed by atoms with Crippen molar-refractivity contribution < 1.29 is 20.1 Å². The van der Waals surface area contributed by atoms with Crippen molar-refractivity contribution in [3.8, 4) is 0 Å². The second kappa shape index (κ2) is 5.44. The monoisotopic (exact) mass is 276 g/mol. The van der Waals surface area contributed by atoms with E-state index in [0.717, 1.165) is 0 Å². The predicted octanol–water partition coefficient (Wildman–Crippen LogP) is 1.09. The Hall–Kier alpha value is -2.18. The number of pyridine rings is 1. The number of aliphatic hydroxyl groups excluding tert-OH is 2. The van der Waals surface area contributed by atoms with Gasteiger partial charge in [-0.05, 0) is 13.0 Å². The third kappa shape index (κ3) is 2.56. The van der Waals surface area contributed by atoms with Crippen LogP contribution in [0.4, 0.5) is 5.69 Å². The number of rotatable bonds is 5. The van der Waals surface area contributed by atoms with Gasteiger partial charge in [-0.15, -0.1) is 0 Å². The standard InChI is InChI=1S/C14H16N2O4/c1-14(7-17,8-18)16-12-9-4-2-3-5-11(9)15-6-10(12)13(19)20/h2-6,17-18H,7-8H2,1H3,(H,15,16)(H,19,20). The van der Waals surface area contributed by atoms with Crippen LogP contribution in [0.15, 0.2) is 30.5 Å². The number of carboxylic acids is 1. The molecule has 0 aliphatic rings. The zero-order valence-corrected chi connectivity index (χ0v) is 11.0. The van der Waals surface area contributed by atoms with Gasteiger partial charge in [0.25, 0.3) is 0 Å². The number of hydrogen-bond acceptors (Lipinski definition) is 5. The smallest absolute Gasteiger partial charge is 0.339 e. The van der Waals surface area contributed by atoms with Gasteiger partial charge in [-0.25, -0.2) is 4.79 Å². The zero-order valence-electron chi connectivity index (χ0n) is 11.0. The summed E-state index contributed by atoms with van der Waals surface area (Å²) in [4.78, 5) is 15.4. The van der Waals surface area contributed by atoms with E-state index in [1.165, 1.54) is 6.20 Å². The van der Waals surface area contributed by atoms with Gasteiger partial charge >= 0.3 is 5.97 Å². The number of hydrogen-bond donors (Lipinski definition) is 4. The number of carbonyl (C=O) groups is 1. The minimum Gasteiger partial charge on any atom is -0.478 e. The van der Waals surface area contributed by atoms with Crippen LogP contribution in [0, 0.1) is 0 Å². The van der Waals surface area contributed by atoms with E-state index in [9.17, 15) is 20.1 Å². The number of nitrogens with one attached hydrogen (secondary N) is 1. The molecular weight excluding hydrogens is 260 g/mol. The Morgan fingerprint density at radius 2 is 1.95 bits per heavy atom. The normalized spacial score (nSPS) is 11.6. The number of fused-ring (bicyclic) bond motifs is 1. The van der Waals surface area contributed by atoms with Crippen LogP contribution in [0.5, 0.6) is 0 Å². The van der Waals surface area contributed by atoms with E-state index in [1.54, 1.807) is 31.2 Å². The second-order valence-electron chi connectivity index (χ2n) is 4.87. The van der Waals surface area contributed by atoms with E-state index in [1.807, 2.05) is 0 Å². The van der Waals surface area contributed by atoms with Gasteiger partial charge < -0.3 is 20.6 Å². The van der Waals surface area contributed by atoms with Gasteiger partial charge in [-0.3, -0.25) is 4.98 Å². The Morgan fingerprint density at radius 1 is 1.30 bits per heavy atom. The summed E-state index contributed by atoms with van der Waals surface area (Å²) in [5.74, 6) is -1.12. The summed E-state index contributed by atoms with van der Waals surface area (Å²) < 4.78 is 0. The van der Waals surface area contributed by atoms with Gasteiger partial charge in [-0.1, -0.05) is 18.2 Å². The Labute approximate surface area is 115 Å². The van der Waals surface area contributed by atoms with Crippen LogP contribution >= 0.6 is 0 Å². The number of nitrogens with zero attached hydrogens (tertiary/aromatic N) is 1. The lowest BCUT2D eigenvalue weighted by molar-refractivity contribution is 0.0697. The van der Waals surface area contributed by atoms with E-state index >= 15 is 0 Å². The van der Waals surface area contributed by atoms with Crippen LogP contribution in [-0.4, -0.2) is 45.0 Å². The molecule has 0 saturated heterocycles. The lowest BCUT2D eigenvalue weighted by atomic mass is 10.0. The van der Waals surface area contributed by atoms with Gasteiger partial charge in [-0.2, -0.15) is 0 Å². The molecule has 4 N–H and O–H groups in total. The van der Waals surface area contributed by atoms with E-state index in [-0.39, 0.29) is 18.8 Å². The summed E-state index contributed by atoms with van der Waals surface area (Å²) in [6.07, 6.45) is 1.27. The van der Waals surface area contributed by atoms with Crippen molar-refractivity contribution >= 4 is 22.6 Å². The number of anilines is 1. The molecule has 0 spiro atoms. The van der Waals surface area contributed by atoms with Gasteiger partial charge in [0.2, 0.25) is 0 Å². The van der Waals surface area contributed by atoms with Crippen molar-refractivity contribution in [1.29, 1.82) is 0 Å². The summed E-state index contributed by atoms with van der Waals surface area (Å²) in [6.45, 7) is 0.937. The summed E-state index contributed by atoms with van der Waals surface area (Å²) in [6, 6.07) is 7.08. The summed E-state index contributed by atoms with van der Waals surface area (Å²) in [5.41, 5.74) is -0.0438. The first kappa shape index (κ1) is 14.2. The highest BCUT2D eigenvalue weighted by Crippen LogP contribution is 2.28. The quantitative estimate of drug-likeness (QED) is 0.652. The molecule has 0 aliphatic carbocycles. The molecule has 0 atom stereocenters. The predicted molar refractivity (Wildman–Crippen MR) is 74.9 cm³/mol. The molecule has 1 aromatic heterocycles. The lowest BCUT2D eigenvalue weighted by Gasteiger charge is -2.29. The number of aliphatic hydroxyl groups is 2. The fourth-order valence-electron chi connectivity index (χ4n) is 1.87. The topological polar surface area (TPSA) is 103 Å². The molecule has 1 aromatic carbocycles. The van der Waals surface area contributed by atoms with Crippen molar-refractivity contribution in [3.05, 3.63) is 36.0 Å². The molecule has 0 fully saturated rings. The maximum Gasteiger partial charge on any atom is 0.339 e. The van der Waals surface area contributed by atoms with Crippen molar-refractivity contribution in [2.24, 2.45) is 0 Å². The Morgan fingerprint density at radius 3 is 2.55 bits per heavy atom. The molecule has 0 saturated carbocycles. The van der Waals surface area contributed by atoms with E-state index in [0.29, 0.717) is 16.6 Å². The molecule has 20 heavy (non-hydrogen) atoms. The number of carboxylic acid groups (broad SMARTS) is 1. The molecule has 0 aliphatic heterocycles. The number of benzene rings is 1. The zero-order chi connectivity index (χ0) is 14.8. The molecule has 2 rings (SSSR count). The van der Waals surface area contributed by atoms with Crippen molar-refractivity contribution in [2.45, 2.75) is 12.5 Å². The Bertz CT molecular complexity index is 638. The molecule has 0 bridgehead atoms. The summed E-state index contributed by atoms with van der Waals surface area (Å²) in [5, 5.41) is 31.5. The summed E-state index contributed by atoms with van der Waals surface area (Å²) >= 11 is 0. The molecule has 6 heteroatoms. The minimum atomic E-state index is -1.12. The van der Waals surface area contributed by atoms with E-state index < -0.39 is 11.5 Å². The fourth-order valence-corrected chi connectivity index (χ4v) is 1.87. The number of para-hydroxylation sites is 1. The summed E-state index contributed by atoms with van der Waals surface area (Å²) in [7, 11) is 0.